The van der Waals surface area contributed by atoms with E-state index in [4.69, 9.17) is 14.2 Å². The number of rotatable bonds is 4. The fourth-order valence-electron chi connectivity index (χ4n) is 8.13. The Morgan fingerprint density at radius 1 is 1.23 bits per heavy atom. The van der Waals surface area contributed by atoms with E-state index in [0.717, 1.165) is 17.6 Å². The second kappa shape index (κ2) is 7.75. The first kappa shape index (κ1) is 25.2. The molecule has 2 bridgehead atoms. The largest absolute Gasteiger partial charge is 0.454 e. The van der Waals surface area contributed by atoms with E-state index in [1.165, 1.54) is 0 Å². The third-order valence-electron chi connectivity index (χ3n) is 10.2. The van der Waals surface area contributed by atoms with Gasteiger partial charge < -0.3 is 19.3 Å². The van der Waals surface area contributed by atoms with Gasteiger partial charge in [0, 0.05) is 5.92 Å². The fourth-order valence-corrected chi connectivity index (χ4v) is 8.13. The Kier molecular flexibility index (Phi) is 5.57. The van der Waals surface area contributed by atoms with E-state index in [0.29, 0.717) is 18.8 Å². The molecule has 3 fully saturated rings. The molecule has 1 aliphatic heterocycles. The highest BCUT2D eigenvalue weighted by Gasteiger charge is 2.77. The van der Waals surface area contributed by atoms with Crippen molar-refractivity contribution in [2.75, 3.05) is 6.61 Å². The zero-order chi connectivity index (χ0) is 25.7. The number of fused-ring (bicyclic) bond motifs is 5. The molecule has 2 saturated carbocycles. The summed E-state index contributed by atoms with van der Waals surface area (Å²) in [6, 6.07) is 0. The van der Waals surface area contributed by atoms with Crippen molar-refractivity contribution in [2.24, 2.45) is 40.4 Å². The van der Waals surface area contributed by atoms with Crippen molar-refractivity contribution in [3.63, 3.8) is 0 Å². The maximum absolute atomic E-state index is 14.6. The smallest absolute Gasteiger partial charge is 0.309 e. The quantitative estimate of drug-likeness (QED) is 0.462. The molecule has 1 spiro atoms. The van der Waals surface area contributed by atoms with Crippen molar-refractivity contribution >= 4 is 11.8 Å². The lowest BCUT2D eigenvalue weighted by molar-refractivity contribution is -0.304. The number of allylic oxidation sites excluding steroid dienone is 1. The van der Waals surface area contributed by atoms with Crippen LogP contribution in [0.25, 0.3) is 0 Å². The Balaban J connectivity index is 1.69. The molecule has 35 heavy (non-hydrogen) atoms. The fraction of sp³-hybridized carbons (Fsp3) is 0.793. The molecule has 5 aliphatic rings. The normalized spacial score (nSPS) is 44.8. The van der Waals surface area contributed by atoms with E-state index in [1.807, 2.05) is 46.8 Å². The summed E-state index contributed by atoms with van der Waals surface area (Å²) in [7, 11) is 0. The summed E-state index contributed by atoms with van der Waals surface area (Å²) in [6.45, 7) is 16.3. The lowest BCUT2D eigenvalue weighted by atomic mass is 9.59. The standard InChI is InChI=1S/C29H42O6/c1-9-17(10-2)25(31)34-23-15(3)13-28-16(4)11-20-21(26(20,5)6)19(22(28)30)12-18-14-33-27(7,8)35-24(18)29(23,28)32/h12-13,16-17,19-21,23-24,32H,9-11,14H2,1-8H3/t16-,19+,20-,21+,23+,24-,28+,29-/m1/s1. The molecule has 0 aromatic heterocycles. The SMILES string of the molecule is CCC(CC)C(=O)O[C@H]1C(C)=C[C@]23C(=O)[C@@H](C=C4COC(C)(C)O[C@H]4[C@]12O)[C@H]1[C@@H](C[C@H]3C)C1(C)C. The molecule has 6 nitrogen and oxygen atoms in total. The topological polar surface area (TPSA) is 82.1 Å². The lowest BCUT2D eigenvalue weighted by Crippen LogP contribution is -2.68. The maximum atomic E-state index is 14.6. The summed E-state index contributed by atoms with van der Waals surface area (Å²) in [5.41, 5.74) is -1.35. The predicted octanol–water partition coefficient (Wildman–Crippen LogP) is 4.60. The van der Waals surface area contributed by atoms with Crippen LogP contribution in [0.3, 0.4) is 0 Å². The number of esters is 1. The summed E-state index contributed by atoms with van der Waals surface area (Å²) in [5, 5.41) is 13.0. The number of aliphatic hydroxyl groups is 1. The van der Waals surface area contributed by atoms with Crippen molar-refractivity contribution < 1.29 is 28.9 Å². The first-order valence-corrected chi connectivity index (χ1v) is 13.4. The average molecular weight is 487 g/mol. The Morgan fingerprint density at radius 2 is 1.89 bits per heavy atom. The van der Waals surface area contributed by atoms with Gasteiger partial charge in [0.05, 0.1) is 17.9 Å². The first-order valence-electron chi connectivity index (χ1n) is 13.4. The van der Waals surface area contributed by atoms with E-state index >= 15 is 0 Å². The molecular formula is C29H42O6. The molecule has 1 N–H and O–H groups in total. The van der Waals surface area contributed by atoms with E-state index < -0.39 is 29.0 Å². The van der Waals surface area contributed by atoms with Gasteiger partial charge in [-0.1, -0.05) is 46.8 Å². The third kappa shape index (κ3) is 3.18. The Bertz CT molecular complexity index is 1000. The highest BCUT2D eigenvalue weighted by Crippen LogP contribution is 2.72. The Hall–Kier alpha value is -1.50. The van der Waals surface area contributed by atoms with Gasteiger partial charge in [-0.3, -0.25) is 9.59 Å². The van der Waals surface area contributed by atoms with E-state index in [-0.39, 0.29) is 47.4 Å². The maximum Gasteiger partial charge on any atom is 0.309 e. The van der Waals surface area contributed by atoms with Crippen molar-refractivity contribution in [2.45, 2.75) is 98.2 Å². The van der Waals surface area contributed by atoms with Crippen LogP contribution in [-0.4, -0.2) is 47.1 Å². The van der Waals surface area contributed by atoms with Gasteiger partial charge in [-0.25, -0.2) is 0 Å². The predicted molar refractivity (Wildman–Crippen MR) is 131 cm³/mol. The third-order valence-corrected chi connectivity index (χ3v) is 10.2. The van der Waals surface area contributed by atoms with Crippen LogP contribution in [-0.2, 0) is 23.8 Å². The minimum absolute atomic E-state index is 0.0364. The highest BCUT2D eigenvalue weighted by molar-refractivity contribution is 5.95. The molecule has 5 rings (SSSR count). The van der Waals surface area contributed by atoms with Crippen LogP contribution >= 0.6 is 0 Å². The second-order valence-corrected chi connectivity index (χ2v) is 12.8. The van der Waals surface area contributed by atoms with Gasteiger partial charge in [-0.05, 0) is 74.3 Å². The number of Topliss-reactive ketones (excluding diaryl/α,β-unsaturated/α-hetero) is 1. The molecule has 0 unspecified atom stereocenters. The minimum Gasteiger partial charge on any atom is -0.454 e. The van der Waals surface area contributed by atoms with Crippen molar-refractivity contribution in [1.82, 2.24) is 0 Å². The summed E-state index contributed by atoms with van der Waals surface area (Å²) in [4.78, 5) is 27.9. The van der Waals surface area contributed by atoms with Crippen LogP contribution in [0.1, 0.15) is 74.7 Å². The summed E-state index contributed by atoms with van der Waals surface area (Å²) < 4.78 is 18.6. The van der Waals surface area contributed by atoms with Gasteiger partial charge in [0.25, 0.3) is 0 Å². The molecule has 1 heterocycles. The summed E-state index contributed by atoms with van der Waals surface area (Å²) in [6.07, 6.45) is 4.38. The van der Waals surface area contributed by atoms with Crippen molar-refractivity contribution in [3.8, 4) is 0 Å². The molecular weight excluding hydrogens is 444 g/mol. The summed E-state index contributed by atoms with van der Waals surface area (Å²) in [5.74, 6) is -1.30. The van der Waals surface area contributed by atoms with Crippen LogP contribution in [0.15, 0.2) is 23.3 Å². The second-order valence-electron chi connectivity index (χ2n) is 12.8. The number of carbonyl (C=O) groups is 2. The van der Waals surface area contributed by atoms with Gasteiger partial charge in [-0.15, -0.1) is 0 Å². The zero-order valence-electron chi connectivity index (χ0n) is 22.5. The van der Waals surface area contributed by atoms with Gasteiger partial charge in [-0.2, -0.15) is 0 Å². The van der Waals surface area contributed by atoms with Gasteiger partial charge in [0.15, 0.2) is 23.3 Å². The van der Waals surface area contributed by atoms with Gasteiger partial charge in [0.2, 0.25) is 0 Å². The molecule has 6 heteroatoms. The van der Waals surface area contributed by atoms with Crippen LogP contribution in [0, 0.1) is 40.4 Å². The zero-order valence-corrected chi connectivity index (χ0v) is 22.5. The van der Waals surface area contributed by atoms with Crippen LogP contribution < -0.4 is 0 Å². The molecule has 0 amide bonds. The van der Waals surface area contributed by atoms with Crippen LogP contribution in [0.5, 0.6) is 0 Å². The highest BCUT2D eigenvalue weighted by atomic mass is 16.7. The van der Waals surface area contributed by atoms with Crippen LogP contribution in [0.2, 0.25) is 0 Å². The number of ether oxygens (including phenoxy) is 3. The van der Waals surface area contributed by atoms with E-state index in [1.54, 1.807) is 0 Å². The molecule has 194 valence electrons. The average Bonchev–Trinajstić information content (AvgIpc) is 3.27. The van der Waals surface area contributed by atoms with Gasteiger partial charge >= 0.3 is 5.97 Å². The van der Waals surface area contributed by atoms with Crippen molar-refractivity contribution in [3.05, 3.63) is 23.3 Å². The molecule has 1 saturated heterocycles. The molecule has 4 aliphatic carbocycles. The number of ketones is 1. The number of hydrogen-bond acceptors (Lipinski definition) is 6. The van der Waals surface area contributed by atoms with Crippen molar-refractivity contribution in [1.29, 1.82) is 0 Å². The number of hydrogen-bond donors (Lipinski definition) is 1. The lowest BCUT2D eigenvalue weighted by Gasteiger charge is -2.52. The molecule has 0 aromatic carbocycles. The molecule has 0 aromatic rings. The van der Waals surface area contributed by atoms with E-state index in [2.05, 4.69) is 20.8 Å². The van der Waals surface area contributed by atoms with Crippen LogP contribution in [0.4, 0.5) is 0 Å². The first-order chi connectivity index (χ1) is 16.3. The van der Waals surface area contributed by atoms with E-state index in [9.17, 15) is 14.7 Å². The Labute approximate surface area is 209 Å². The molecule has 0 radical (unpaired) electrons. The van der Waals surface area contributed by atoms with Gasteiger partial charge in [0.1, 0.15) is 6.10 Å². The molecule has 8 atom stereocenters. The number of carbonyl (C=O) groups excluding carboxylic acids is 2. The minimum atomic E-state index is -1.74. The monoisotopic (exact) mass is 486 g/mol. The Morgan fingerprint density at radius 3 is 2.51 bits per heavy atom. The summed E-state index contributed by atoms with van der Waals surface area (Å²) >= 11 is 0.